The molecule has 0 saturated carbocycles. The largest absolute Gasteiger partial charge is 0.416 e. The first-order valence-electron chi connectivity index (χ1n) is 6.32. The van der Waals surface area contributed by atoms with Crippen molar-refractivity contribution in [3.05, 3.63) is 34.9 Å². The van der Waals surface area contributed by atoms with E-state index < -0.39 is 11.7 Å². The molecule has 0 aliphatic rings. The topological polar surface area (TPSA) is 12.0 Å². The minimum absolute atomic E-state index is 0.562. The molecule has 0 unspecified atom stereocenters. The van der Waals surface area contributed by atoms with Gasteiger partial charge in [0.15, 0.2) is 0 Å². The Labute approximate surface area is 106 Å². The van der Waals surface area contributed by atoms with Gasteiger partial charge in [-0.2, -0.15) is 13.2 Å². The van der Waals surface area contributed by atoms with Gasteiger partial charge in [0.05, 0.1) is 5.56 Å². The highest BCUT2D eigenvalue weighted by molar-refractivity contribution is 5.32. The summed E-state index contributed by atoms with van der Waals surface area (Å²) in [5.74, 6) is 0. The number of hydrogen-bond donors (Lipinski definition) is 1. The van der Waals surface area contributed by atoms with Crippen LogP contribution in [0.5, 0.6) is 0 Å². The van der Waals surface area contributed by atoms with Crippen LogP contribution in [0.3, 0.4) is 0 Å². The molecule has 102 valence electrons. The van der Waals surface area contributed by atoms with E-state index in [1.165, 1.54) is 12.1 Å². The van der Waals surface area contributed by atoms with Crippen LogP contribution < -0.4 is 5.32 Å². The highest BCUT2D eigenvalue weighted by Gasteiger charge is 2.30. The molecule has 1 aromatic rings. The number of rotatable bonds is 6. The second kappa shape index (κ2) is 6.78. The summed E-state index contributed by atoms with van der Waals surface area (Å²) in [5, 5.41) is 3.28. The van der Waals surface area contributed by atoms with Gasteiger partial charge in [-0.3, -0.25) is 0 Å². The normalized spacial score (nSPS) is 11.8. The molecule has 0 bridgehead atoms. The first-order valence-corrected chi connectivity index (χ1v) is 6.32. The average molecular weight is 259 g/mol. The first kappa shape index (κ1) is 15.0. The van der Waals surface area contributed by atoms with Crippen molar-refractivity contribution in [2.75, 3.05) is 13.1 Å². The molecule has 1 aromatic carbocycles. The average Bonchev–Trinajstić information content (AvgIpc) is 2.29. The fourth-order valence-corrected chi connectivity index (χ4v) is 1.86. The van der Waals surface area contributed by atoms with E-state index in [0.29, 0.717) is 0 Å². The molecule has 1 N–H and O–H groups in total. The molecular formula is C14H20F3N. The Kier molecular flexibility index (Phi) is 5.66. The summed E-state index contributed by atoms with van der Waals surface area (Å²) in [7, 11) is 0. The van der Waals surface area contributed by atoms with E-state index in [1.54, 1.807) is 13.0 Å². The van der Waals surface area contributed by atoms with E-state index in [2.05, 4.69) is 12.2 Å². The smallest absolute Gasteiger partial charge is 0.317 e. The molecule has 0 heterocycles. The lowest BCUT2D eigenvalue weighted by molar-refractivity contribution is -0.137. The van der Waals surface area contributed by atoms with E-state index in [-0.39, 0.29) is 0 Å². The van der Waals surface area contributed by atoms with Crippen LogP contribution >= 0.6 is 0 Å². The summed E-state index contributed by atoms with van der Waals surface area (Å²) in [5.41, 5.74) is 1.16. The SMILES string of the molecule is CCCNCCCc1ccc(C(F)(F)F)cc1C. The summed E-state index contributed by atoms with van der Waals surface area (Å²) in [6.07, 6.45) is -1.38. The number of alkyl halides is 3. The Hall–Kier alpha value is -1.03. The zero-order chi connectivity index (χ0) is 13.6. The van der Waals surface area contributed by atoms with Gasteiger partial charge in [-0.15, -0.1) is 0 Å². The Morgan fingerprint density at radius 3 is 2.44 bits per heavy atom. The maximum absolute atomic E-state index is 12.5. The summed E-state index contributed by atoms with van der Waals surface area (Å²) in [6, 6.07) is 3.99. The van der Waals surface area contributed by atoms with Crippen LogP contribution in [0, 0.1) is 6.92 Å². The van der Waals surface area contributed by atoms with Crippen molar-refractivity contribution < 1.29 is 13.2 Å². The fraction of sp³-hybridized carbons (Fsp3) is 0.571. The second-order valence-electron chi connectivity index (χ2n) is 4.49. The molecule has 0 aromatic heterocycles. The van der Waals surface area contributed by atoms with E-state index in [4.69, 9.17) is 0 Å². The van der Waals surface area contributed by atoms with Gasteiger partial charge in [0.25, 0.3) is 0 Å². The Bertz CT molecular complexity index is 372. The lowest BCUT2D eigenvalue weighted by atomic mass is 10.0. The van der Waals surface area contributed by atoms with Gasteiger partial charge >= 0.3 is 6.18 Å². The highest BCUT2D eigenvalue weighted by Crippen LogP contribution is 2.30. The second-order valence-corrected chi connectivity index (χ2v) is 4.49. The van der Waals surface area contributed by atoms with E-state index in [9.17, 15) is 13.2 Å². The Morgan fingerprint density at radius 2 is 1.89 bits per heavy atom. The third kappa shape index (κ3) is 4.69. The lowest BCUT2D eigenvalue weighted by Crippen LogP contribution is -2.16. The van der Waals surface area contributed by atoms with Crippen molar-refractivity contribution >= 4 is 0 Å². The molecule has 0 aliphatic heterocycles. The van der Waals surface area contributed by atoms with Gasteiger partial charge in [-0.05, 0) is 62.5 Å². The van der Waals surface area contributed by atoms with Crippen LogP contribution in [0.1, 0.15) is 36.5 Å². The van der Waals surface area contributed by atoms with Gasteiger partial charge in [-0.1, -0.05) is 13.0 Å². The highest BCUT2D eigenvalue weighted by atomic mass is 19.4. The molecule has 18 heavy (non-hydrogen) atoms. The van der Waals surface area contributed by atoms with E-state index in [0.717, 1.165) is 43.5 Å². The van der Waals surface area contributed by atoms with Crippen LogP contribution in [0.15, 0.2) is 18.2 Å². The van der Waals surface area contributed by atoms with Gasteiger partial charge in [0.2, 0.25) is 0 Å². The van der Waals surface area contributed by atoms with Crippen LogP contribution in [-0.2, 0) is 12.6 Å². The Balaban J connectivity index is 2.53. The van der Waals surface area contributed by atoms with E-state index in [1.807, 2.05) is 0 Å². The third-order valence-corrected chi connectivity index (χ3v) is 2.90. The van der Waals surface area contributed by atoms with Crippen molar-refractivity contribution in [3.63, 3.8) is 0 Å². The zero-order valence-electron chi connectivity index (χ0n) is 10.9. The molecule has 0 fully saturated rings. The number of hydrogen-bond acceptors (Lipinski definition) is 1. The number of halogens is 3. The number of nitrogens with one attached hydrogen (secondary N) is 1. The predicted molar refractivity (Wildman–Crippen MR) is 67.7 cm³/mol. The molecule has 4 heteroatoms. The summed E-state index contributed by atoms with van der Waals surface area (Å²) in [6.45, 7) is 5.75. The molecule has 1 nitrogen and oxygen atoms in total. The van der Waals surface area contributed by atoms with Crippen LogP contribution in [0.25, 0.3) is 0 Å². The standard InChI is InChI=1S/C14H20F3N/c1-3-8-18-9-4-5-12-6-7-13(10-11(12)2)14(15,16)17/h6-7,10,18H,3-5,8-9H2,1-2H3. The summed E-state index contributed by atoms with van der Waals surface area (Å²) >= 11 is 0. The number of aryl methyl sites for hydroxylation is 2. The quantitative estimate of drug-likeness (QED) is 0.763. The van der Waals surface area contributed by atoms with Crippen molar-refractivity contribution in [3.8, 4) is 0 Å². The van der Waals surface area contributed by atoms with Crippen molar-refractivity contribution in [2.45, 2.75) is 39.3 Å². The predicted octanol–water partition coefficient (Wildman–Crippen LogP) is 3.95. The molecule has 0 radical (unpaired) electrons. The van der Waals surface area contributed by atoms with Crippen molar-refractivity contribution in [1.29, 1.82) is 0 Å². The molecule has 0 aliphatic carbocycles. The van der Waals surface area contributed by atoms with Crippen molar-refractivity contribution in [2.24, 2.45) is 0 Å². The summed E-state index contributed by atoms with van der Waals surface area (Å²) in [4.78, 5) is 0. The van der Waals surface area contributed by atoms with Gasteiger partial charge in [0.1, 0.15) is 0 Å². The van der Waals surface area contributed by atoms with Crippen LogP contribution in [0.2, 0.25) is 0 Å². The maximum atomic E-state index is 12.5. The lowest BCUT2D eigenvalue weighted by Gasteiger charge is -2.11. The minimum Gasteiger partial charge on any atom is -0.317 e. The molecule has 0 atom stereocenters. The van der Waals surface area contributed by atoms with E-state index >= 15 is 0 Å². The zero-order valence-corrected chi connectivity index (χ0v) is 10.9. The van der Waals surface area contributed by atoms with Crippen LogP contribution in [0.4, 0.5) is 13.2 Å². The van der Waals surface area contributed by atoms with Crippen LogP contribution in [-0.4, -0.2) is 13.1 Å². The third-order valence-electron chi connectivity index (χ3n) is 2.90. The molecule has 0 amide bonds. The summed E-state index contributed by atoms with van der Waals surface area (Å²) < 4.78 is 37.4. The number of benzene rings is 1. The molecule has 0 spiro atoms. The minimum atomic E-state index is -4.24. The maximum Gasteiger partial charge on any atom is 0.416 e. The molecular weight excluding hydrogens is 239 g/mol. The van der Waals surface area contributed by atoms with Gasteiger partial charge in [0, 0.05) is 0 Å². The molecule has 0 saturated heterocycles. The monoisotopic (exact) mass is 259 g/mol. The van der Waals surface area contributed by atoms with Gasteiger partial charge in [-0.25, -0.2) is 0 Å². The first-order chi connectivity index (χ1) is 8.45. The van der Waals surface area contributed by atoms with Crippen molar-refractivity contribution in [1.82, 2.24) is 5.32 Å². The Morgan fingerprint density at radius 1 is 1.17 bits per heavy atom. The van der Waals surface area contributed by atoms with Gasteiger partial charge < -0.3 is 5.32 Å². The molecule has 1 rings (SSSR count). The fourth-order valence-electron chi connectivity index (χ4n) is 1.86.